The number of likely N-dealkylation sites (tertiary alicyclic amines) is 1. The van der Waals surface area contributed by atoms with Gasteiger partial charge in [-0.3, -0.25) is 0 Å². The number of rotatable bonds is 2. The molecule has 2 atom stereocenters. The fraction of sp³-hybridized carbons (Fsp3) is 1.00. The molecule has 1 saturated heterocycles. The number of hydrogen-bond donors (Lipinski definition) is 0. The van der Waals surface area contributed by atoms with Crippen molar-refractivity contribution in [3.8, 4) is 0 Å². The highest BCUT2D eigenvalue weighted by atomic mass is 15.2. The molecule has 14 heavy (non-hydrogen) atoms. The van der Waals surface area contributed by atoms with Crippen LogP contribution >= 0.6 is 0 Å². The van der Waals surface area contributed by atoms with Crippen LogP contribution in [0.1, 0.15) is 32.6 Å². The molecule has 0 radical (unpaired) electrons. The van der Waals surface area contributed by atoms with Crippen molar-refractivity contribution in [2.24, 2.45) is 5.41 Å². The zero-order valence-electron chi connectivity index (χ0n) is 9.92. The highest BCUT2D eigenvalue weighted by molar-refractivity contribution is 4.98. The Balaban J connectivity index is 1.94. The monoisotopic (exact) mass is 196 g/mol. The van der Waals surface area contributed by atoms with Crippen LogP contribution in [0.15, 0.2) is 0 Å². The van der Waals surface area contributed by atoms with Gasteiger partial charge in [0.25, 0.3) is 0 Å². The SMILES string of the molecule is CCN1CCC2(CCC(N(C)C)C2)C1. The summed E-state index contributed by atoms with van der Waals surface area (Å²) >= 11 is 0. The molecule has 1 aliphatic heterocycles. The molecule has 2 heteroatoms. The van der Waals surface area contributed by atoms with E-state index in [1.54, 1.807) is 0 Å². The van der Waals surface area contributed by atoms with Crippen LogP contribution in [-0.2, 0) is 0 Å². The minimum atomic E-state index is 0.699. The lowest BCUT2D eigenvalue weighted by atomic mass is 9.85. The van der Waals surface area contributed by atoms with E-state index in [4.69, 9.17) is 0 Å². The third kappa shape index (κ3) is 1.82. The van der Waals surface area contributed by atoms with E-state index in [1.807, 2.05) is 0 Å². The molecular formula is C12H24N2. The Bertz CT molecular complexity index is 202. The predicted octanol–water partition coefficient (Wildman–Crippen LogP) is 1.81. The Morgan fingerprint density at radius 3 is 2.64 bits per heavy atom. The minimum absolute atomic E-state index is 0.699. The van der Waals surface area contributed by atoms with Crippen molar-refractivity contribution in [1.29, 1.82) is 0 Å². The van der Waals surface area contributed by atoms with Gasteiger partial charge in [0.2, 0.25) is 0 Å². The first kappa shape index (κ1) is 10.4. The van der Waals surface area contributed by atoms with Gasteiger partial charge < -0.3 is 9.80 Å². The van der Waals surface area contributed by atoms with E-state index < -0.39 is 0 Å². The average molecular weight is 196 g/mol. The van der Waals surface area contributed by atoms with Crippen LogP contribution in [0.25, 0.3) is 0 Å². The summed E-state index contributed by atoms with van der Waals surface area (Å²) in [6.07, 6.45) is 5.78. The summed E-state index contributed by atoms with van der Waals surface area (Å²) in [6, 6.07) is 0.854. The van der Waals surface area contributed by atoms with Gasteiger partial charge in [-0.1, -0.05) is 6.92 Å². The van der Waals surface area contributed by atoms with Gasteiger partial charge in [-0.2, -0.15) is 0 Å². The minimum Gasteiger partial charge on any atom is -0.306 e. The summed E-state index contributed by atoms with van der Waals surface area (Å²) in [5.41, 5.74) is 0.699. The fourth-order valence-electron chi connectivity index (χ4n) is 3.29. The summed E-state index contributed by atoms with van der Waals surface area (Å²) in [5, 5.41) is 0. The third-order valence-corrected chi connectivity index (χ3v) is 4.37. The lowest BCUT2D eigenvalue weighted by Gasteiger charge is -2.25. The van der Waals surface area contributed by atoms with Gasteiger partial charge in [0.1, 0.15) is 0 Å². The van der Waals surface area contributed by atoms with Crippen molar-refractivity contribution in [3.05, 3.63) is 0 Å². The zero-order chi connectivity index (χ0) is 10.2. The van der Waals surface area contributed by atoms with E-state index in [1.165, 1.54) is 45.3 Å². The zero-order valence-corrected chi connectivity index (χ0v) is 9.92. The largest absolute Gasteiger partial charge is 0.306 e. The van der Waals surface area contributed by atoms with E-state index in [-0.39, 0.29) is 0 Å². The van der Waals surface area contributed by atoms with E-state index in [9.17, 15) is 0 Å². The first-order chi connectivity index (χ1) is 6.65. The summed E-state index contributed by atoms with van der Waals surface area (Å²) in [6.45, 7) is 6.25. The summed E-state index contributed by atoms with van der Waals surface area (Å²) in [5.74, 6) is 0. The topological polar surface area (TPSA) is 6.48 Å². The maximum atomic E-state index is 2.62. The van der Waals surface area contributed by atoms with Crippen LogP contribution in [0.3, 0.4) is 0 Å². The number of nitrogens with zero attached hydrogens (tertiary/aromatic N) is 2. The first-order valence-corrected chi connectivity index (χ1v) is 6.04. The molecule has 2 nitrogen and oxygen atoms in total. The predicted molar refractivity (Wildman–Crippen MR) is 60.5 cm³/mol. The molecule has 2 fully saturated rings. The molecule has 1 aliphatic carbocycles. The Kier molecular flexibility index (Phi) is 2.85. The van der Waals surface area contributed by atoms with E-state index in [2.05, 4.69) is 30.8 Å². The molecule has 2 rings (SSSR count). The van der Waals surface area contributed by atoms with Crippen molar-refractivity contribution < 1.29 is 0 Å². The smallest absolute Gasteiger partial charge is 0.00951 e. The Hall–Kier alpha value is -0.0800. The van der Waals surface area contributed by atoms with Crippen LogP contribution in [0.4, 0.5) is 0 Å². The molecular weight excluding hydrogens is 172 g/mol. The van der Waals surface area contributed by atoms with E-state index in [0.717, 1.165) is 6.04 Å². The van der Waals surface area contributed by atoms with Gasteiger partial charge >= 0.3 is 0 Å². The normalized spacial score (nSPS) is 39.0. The average Bonchev–Trinajstić information content (AvgIpc) is 2.74. The highest BCUT2D eigenvalue weighted by Gasteiger charge is 2.43. The molecule has 0 bridgehead atoms. The van der Waals surface area contributed by atoms with E-state index in [0.29, 0.717) is 5.41 Å². The molecule has 0 aromatic carbocycles. The summed E-state index contributed by atoms with van der Waals surface area (Å²) in [4.78, 5) is 5.04. The standard InChI is InChI=1S/C12H24N2/c1-4-14-8-7-12(10-14)6-5-11(9-12)13(2)3/h11H,4-10H2,1-3H3. The molecule has 1 saturated carbocycles. The van der Waals surface area contributed by atoms with Gasteiger partial charge in [-0.15, -0.1) is 0 Å². The van der Waals surface area contributed by atoms with Crippen molar-refractivity contribution in [3.63, 3.8) is 0 Å². The van der Waals surface area contributed by atoms with Crippen LogP contribution < -0.4 is 0 Å². The molecule has 2 unspecified atom stereocenters. The molecule has 0 aromatic heterocycles. The second-order valence-corrected chi connectivity index (χ2v) is 5.48. The Morgan fingerprint density at radius 2 is 2.14 bits per heavy atom. The van der Waals surface area contributed by atoms with E-state index >= 15 is 0 Å². The van der Waals surface area contributed by atoms with Gasteiger partial charge in [-0.25, -0.2) is 0 Å². The second-order valence-electron chi connectivity index (χ2n) is 5.48. The van der Waals surface area contributed by atoms with Crippen LogP contribution in [0.2, 0.25) is 0 Å². The quantitative estimate of drug-likeness (QED) is 0.664. The van der Waals surface area contributed by atoms with Crippen LogP contribution in [0.5, 0.6) is 0 Å². The second kappa shape index (κ2) is 3.82. The highest BCUT2D eigenvalue weighted by Crippen LogP contribution is 2.46. The van der Waals surface area contributed by atoms with Gasteiger partial charge in [0, 0.05) is 12.6 Å². The molecule has 1 heterocycles. The molecule has 2 aliphatic rings. The maximum absolute atomic E-state index is 2.62. The van der Waals surface area contributed by atoms with Crippen molar-refractivity contribution in [1.82, 2.24) is 9.80 Å². The Morgan fingerprint density at radius 1 is 1.36 bits per heavy atom. The van der Waals surface area contributed by atoms with Crippen molar-refractivity contribution in [2.75, 3.05) is 33.7 Å². The van der Waals surface area contributed by atoms with Gasteiger partial charge in [0.15, 0.2) is 0 Å². The summed E-state index contributed by atoms with van der Waals surface area (Å²) < 4.78 is 0. The molecule has 0 amide bonds. The summed E-state index contributed by atoms with van der Waals surface area (Å²) in [7, 11) is 4.46. The molecule has 1 spiro atoms. The molecule has 82 valence electrons. The first-order valence-electron chi connectivity index (χ1n) is 6.04. The van der Waals surface area contributed by atoms with Crippen molar-refractivity contribution >= 4 is 0 Å². The Labute approximate surface area is 88.3 Å². The van der Waals surface area contributed by atoms with Crippen LogP contribution in [-0.4, -0.2) is 49.6 Å². The molecule has 0 aromatic rings. The van der Waals surface area contributed by atoms with Gasteiger partial charge in [0.05, 0.1) is 0 Å². The third-order valence-electron chi connectivity index (χ3n) is 4.37. The fourth-order valence-corrected chi connectivity index (χ4v) is 3.29. The lowest BCUT2D eigenvalue weighted by molar-refractivity contribution is 0.234. The van der Waals surface area contributed by atoms with Gasteiger partial charge in [-0.05, 0) is 58.3 Å². The lowest BCUT2D eigenvalue weighted by Crippen LogP contribution is -2.29. The van der Waals surface area contributed by atoms with Crippen LogP contribution in [0, 0.1) is 5.41 Å². The van der Waals surface area contributed by atoms with Crippen molar-refractivity contribution in [2.45, 2.75) is 38.6 Å². The number of hydrogen-bond acceptors (Lipinski definition) is 2. The molecule has 0 N–H and O–H groups in total. The maximum Gasteiger partial charge on any atom is 0.00951 e.